The zero-order valence-electron chi connectivity index (χ0n) is 22.4. The molecule has 4 heterocycles. The fraction of sp³-hybridized carbons (Fsp3) is 0.625. The molecule has 1 saturated heterocycles. The summed E-state index contributed by atoms with van der Waals surface area (Å²) in [5, 5.41) is 17.8. The van der Waals surface area contributed by atoms with E-state index in [0.29, 0.717) is 22.4 Å². The summed E-state index contributed by atoms with van der Waals surface area (Å²) in [4.78, 5) is 32.8. The Morgan fingerprint density at radius 3 is 2.59 bits per heavy atom. The monoisotopic (exact) mass is 532 g/mol. The highest BCUT2D eigenvalue weighted by molar-refractivity contribution is 6.74. The largest absolute Gasteiger partial charge is 0.455 e. The maximum absolute atomic E-state index is 12.6. The van der Waals surface area contributed by atoms with Crippen LogP contribution in [0.1, 0.15) is 52.3 Å². The van der Waals surface area contributed by atoms with Crippen LogP contribution in [0.3, 0.4) is 0 Å². The fourth-order valence-electron chi connectivity index (χ4n) is 4.17. The van der Waals surface area contributed by atoms with Crippen LogP contribution >= 0.6 is 0 Å². The van der Waals surface area contributed by atoms with Gasteiger partial charge in [-0.25, -0.2) is 15.0 Å². The molecule has 202 valence electrons. The summed E-state index contributed by atoms with van der Waals surface area (Å²) in [6.45, 7) is 12.2. The van der Waals surface area contributed by atoms with Gasteiger partial charge in [0.05, 0.1) is 18.4 Å². The van der Waals surface area contributed by atoms with Crippen LogP contribution in [-0.4, -0.2) is 77.5 Å². The van der Waals surface area contributed by atoms with Crippen molar-refractivity contribution >= 4 is 42.8 Å². The number of hydrazone groups is 1. The Labute approximate surface area is 216 Å². The number of nitrogens with zero attached hydrogens (tertiary/aromatic N) is 5. The smallest absolute Gasteiger partial charge is 0.306 e. The van der Waals surface area contributed by atoms with Crippen LogP contribution < -0.4 is 10.7 Å². The lowest BCUT2D eigenvalue weighted by Crippen LogP contribution is -2.45. The van der Waals surface area contributed by atoms with Gasteiger partial charge >= 0.3 is 5.97 Å². The third kappa shape index (κ3) is 5.13. The number of Topliss-reactive ketones (excluding diaryl/α,β-unsaturated/α-hetero) is 1. The number of anilines is 1. The van der Waals surface area contributed by atoms with Crippen molar-refractivity contribution in [3.8, 4) is 0 Å². The Bertz CT molecular complexity index is 1240. The SMILES string of the molecule is CC(=O)CCC(=O)O[C@H]1C(O)[C@@H](CO[Si](C)(C)C(C)(C)C)O[C@H]1n1cc2c3c(ncnc31)N(C)N=C2N. The first-order valence-corrected chi connectivity index (χ1v) is 15.2. The average molecular weight is 533 g/mol. The van der Waals surface area contributed by atoms with E-state index in [1.807, 2.05) is 0 Å². The molecule has 1 unspecified atom stereocenters. The van der Waals surface area contributed by atoms with Gasteiger partial charge in [-0.05, 0) is 25.1 Å². The van der Waals surface area contributed by atoms with Gasteiger partial charge in [0.2, 0.25) is 0 Å². The van der Waals surface area contributed by atoms with E-state index < -0.39 is 38.8 Å². The molecule has 1 fully saturated rings. The highest BCUT2D eigenvalue weighted by atomic mass is 28.4. The Morgan fingerprint density at radius 1 is 1.24 bits per heavy atom. The number of aromatic nitrogens is 3. The van der Waals surface area contributed by atoms with Gasteiger partial charge in [0.15, 0.2) is 32.3 Å². The quantitative estimate of drug-likeness (QED) is 0.381. The molecular weight excluding hydrogens is 496 g/mol. The zero-order chi connectivity index (χ0) is 27.3. The molecule has 4 rings (SSSR count). The third-order valence-electron chi connectivity index (χ3n) is 7.38. The van der Waals surface area contributed by atoms with Gasteiger partial charge in [-0.1, -0.05) is 20.8 Å². The Morgan fingerprint density at radius 2 is 1.95 bits per heavy atom. The van der Waals surface area contributed by atoms with Gasteiger partial charge < -0.3 is 34.1 Å². The maximum atomic E-state index is 12.6. The van der Waals surface area contributed by atoms with E-state index in [2.05, 4.69) is 48.9 Å². The van der Waals surface area contributed by atoms with Crippen molar-refractivity contribution in [3.05, 3.63) is 18.1 Å². The Hall–Kier alpha value is -2.87. The van der Waals surface area contributed by atoms with Gasteiger partial charge in [-0.2, -0.15) is 5.10 Å². The second-order valence-corrected chi connectivity index (χ2v) is 15.9. The van der Waals surface area contributed by atoms with Gasteiger partial charge in [-0.15, -0.1) is 0 Å². The normalized spacial score (nSPS) is 23.9. The van der Waals surface area contributed by atoms with E-state index in [1.165, 1.54) is 13.3 Å². The molecule has 2 aromatic rings. The van der Waals surface area contributed by atoms with Gasteiger partial charge in [-0.3, -0.25) is 4.79 Å². The van der Waals surface area contributed by atoms with E-state index in [-0.39, 0.29) is 36.1 Å². The molecule has 4 atom stereocenters. The summed E-state index contributed by atoms with van der Waals surface area (Å²) in [6, 6.07) is 0. The molecule has 3 N–H and O–H groups in total. The number of rotatable bonds is 8. The number of ketones is 1. The van der Waals surface area contributed by atoms with Crippen LogP contribution in [0, 0.1) is 0 Å². The van der Waals surface area contributed by atoms with E-state index >= 15 is 0 Å². The standard InChI is InChI=1S/C24H36N6O6Si/c1-13(31)8-9-16(32)36-19-18(33)15(11-34-37(6,7)24(2,3)4)35-23(19)30-10-14-17-21(26-12-27-22(17)30)29(5)28-20(14)25/h10,12,15,18-19,23,33H,8-9,11H2,1-7H3,(H2,25,28)/t15-,18?,19+,23-/m1/s1. The van der Waals surface area contributed by atoms with E-state index in [1.54, 1.807) is 22.8 Å². The third-order valence-corrected chi connectivity index (χ3v) is 11.9. The van der Waals surface area contributed by atoms with Crippen LogP contribution in [0.5, 0.6) is 0 Å². The molecule has 0 spiro atoms. The highest BCUT2D eigenvalue weighted by Crippen LogP contribution is 2.40. The molecule has 13 heteroatoms. The highest BCUT2D eigenvalue weighted by Gasteiger charge is 2.49. The first-order valence-electron chi connectivity index (χ1n) is 12.3. The van der Waals surface area contributed by atoms with Crippen LogP contribution in [0.25, 0.3) is 11.0 Å². The number of carbonyl (C=O) groups is 2. The van der Waals surface area contributed by atoms with Crippen molar-refractivity contribution < 1.29 is 28.6 Å². The molecule has 2 aliphatic heterocycles. The molecule has 2 aliphatic rings. The minimum atomic E-state index is -2.15. The summed E-state index contributed by atoms with van der Waals surface area (Å²) in [5.74, 6) is 0.120. The number of ether oxygens (including phenoxy) is 2. The molecule has 0 amide bonds. The number of nitrogens with two attached hydrogens (primary N) is 1. The fourth-order valence-corrected chi connectivity index (χ4v) is 5.18. The predicted octanol–water partition coefficient (Wildman–Crippen LogP) is 2.06. The van der Waals surface area contributed by atoms with Crippen molar-refractivity contribution in [2.24, 2.45) is 10.8 Å². The van der Waals surface area contributed by atoms with Gasteiger partial charge in [0.25, 0.3) is 0 Å². The van der Waals surface area contributed by atoms with Crippen LogP contribution in [0.4, 0.5) is 5.82 Å². The Kier molecular flexibility index (Phi) is 7.18. The first kappa shape index (κ1) is 27.2. The summed E-state index contributed by atoms with van der Waals surface area (Å²) >= 11 is 0. The van der Waals surface area contributed by atoms with Crippen molar-refractivity contribution in [1.29, 1.82) is 0 Å². The number of esters is 1. The molecule has 0 radical (unpaired) electrons. The molecule has 0 aromatic carbocycles. The first-order chi connectivity index (χ1) is 17.2. The number of hydrogen-bond acceptors (Lipinski definition) is 11. The van der Waals surface area contributed by atoms with Crippen molar-refractivity contribution in [1.82, 2.24) is 14.5 Å². The second kappa shape index (κ2) is 9.78. The average Bonchev–Trinajstić information content (AvgIpc) is 3.33. The summed E-state index contributed by atoms with van der Waals surface area (Å²) in [5.41, 5.74) is 7.31. The minimum Gasteiger partial charge on any atom is -0.455 e. The zero-order valence-corrected chi connectivity index (χ0v) is 23.4. The van der Waals surface area contributed by atoms with Crippen molar-refractivity contribution in [2.75, 3.05) is 18.7 Å². The minimum absolute atomic E-state index is 0.0362. The molecule has 12 nitrogen and oxygen atoms in total. The lowest BCUT2D eigenvalue weighted by molar-refractivity contribution is -0.159. The second-order valence-electron chi connectivity index (χ2n) is 11.1. The number of carbonyl (C=O) groups excluding carboxylic acids is 2. The summed E-state index contributed by atoms with van der Waals surface area (Å²) in [7, 11) is -0.411. The van der Waals surface area contributed by atoms with Crippen LogP contribution in [-0.2, 0) is 23.5 Å². The van der Waals surface area contributed by atoms with Crippen molar-refractivity contribution in [2.45, 2.75) is 83.2 Å². The molecule has 0 aliphatic carbocycles. The Balaban J connectivity index is 1.69. The molecule has 37 heavy (non-hydrogen) atoms. The van der Waals surface area contributed by atoms with E-state index in [0.717, 1.165) is 0 Å². The van der Waals surface area contributed by atoms with Gasteiger partial charge in [0.1, 0.15) is 30.0 Å². The topological polar surface area (TPSA) is 154 Å². The van der Waals surface area contributed by atoms with E-state index in [9.17, 15) is 14.7 Å². The molecular formula is C24H36N6O6Si. The summed E-state index contributed by atoms with van der Waals surface area (Å²) < 4.78 is 20.0. The van der Waals surface area contributed by atoms with Gasteiger partial charge in [0, 0.05) is 25.2 Å². The molecule has 0 saturated carbocycles. The predicted molar refractivity (Wildman–Crippen MR) is 140 cm³/mol. The number of hydrogen-bond donors (Lipinski definition) is 2. The molecule has 2 aromatic heterocycles. The lowest BCUT2D eigenvalue weighted by Gasteiger charge is -2.37. The van der Waals surface area contributed by atoms with Crippen molar-refractivity contribution in [3.63, 3.8) is 0 Å². The van der Waals surface area contributed by atoms with Crippen LogP contribution in [0.2, 0.25) is 18.1 Å². The number of aliphatic hydroxyl groups excluding tert-OH is 1. The van der Waals surface area contributed by atoms with Crippen LogP contribution in [0.15, 0.2) is 17.6 Å². The lowest BCUT2D eigenvalue weighted by atomic mass is 10.1. The van der Waals surface area contributed by atoms with E-state index in [4.69, 9.17) is 19.6 Å². The summed E-state index contributed by atoms with van der Waals surface area (Å²) in [6.07, 6.45) is -0.821. The number of amidine groups is 1. The number of aliphatic hydroxyl groups is 1. The molecule has 0 bridgehead atoms. The maximum Gasteiger partial charge on any atom is 0.306 e.